The first-order valence-corrected chi connectivity index (χ1v) is 4.68. The Hall–Kier alpha value is -0.670. The van der Waals surface area contributed by atoms with E-state index in [1.54, 1.807) is 12.1 Å². The van der Waals surface area contributed by atoms with Gasteiger partial charge in [0.2, 0.25) is 0 Å². The molecule has 1 rings (SSSR count). The van der Waals surface area contributed by atoms with Crippen LogP contribution in [-0.4, -0.2) is 5.11 Å². The summed E-state index contributed by atoms with van der Waals surface area (Å²) in [7, 11) is 0. The van der Waals surface area contributed by atoms with Gasteiger partial charge in [0.05, 0.1) is 6.10 Å². The molecule has 1 unspecified atom stereocenters. The molecule has 0 aliphatic rings. The molecule has 1 aromatic carbocycles. The Morgan fingerprint density at radius 3 is 2.92 bits per heavy atom. The Bertz CT molecular complexity index is 312. The van der Waals surface area contributed by atoms with Gasteiger partial charge >= 0.3 is 0 Å². The molecule has 0 spiro atoms. The third kappa shape index (κ3) is 2.64. The van der Waals surface area contributed by atoms with Crippen LogP contribution < -0.4 is 0 Å². The molecule has 0 heterocycles. The predicted molar refractivity (Wildman–Crippen MR) is 53.9 cm³/mol. The predicted octanol–water partition coefficient (Wildman–Crippen LogP) is 3.20. The zero-order chi connectivity index (χ0) is 9.84. The largest absolute Gasteiger partial charge is 0.388 e. The molecule has 0 aromatic heterocycles. The molecule has 0 fully saturated rings. The summed E-state index contributed by atoms with van der Waals surface area (Å²) in [6.45, 7) is 3.51. The maximum atomic E-state index is 12.8. The Labute approximate surface area is 85.0 Å². The molecule has 0 saturated carbocycles. The van der Waals surface area contributed by atoms with Crippen LogP contribution in [0.25, 0.3) is 0 Å². The quantitative estimate of drug-likeness (QED) is 0.810. The summed E-state index contributed by atoms with van der Waals surface area (Å²) >= 11 is 3.24. The smallest absolute Gasteiger partial charge is 0.123 e. The number of aliphatic hydroxyl groups excluding tert-OH is 1. The summed E-state index contributed by atoms with van der Waals surface area (Å²) < 4.78 is 13.5. The van der Waals surface area contributed by atoms with Gasteiger partial charge in [0.15, 0.2) is 0 Å². The molecule has 1 atom stereocenters. The highest BCUT2D eigenvalue weighted by Gasteiger charge is 2.10. The van der Waals surface area contributed by atoms with Crippen LogP contribution in [0, 0.1) is 5.82 Å². The summed E-state index contributed by atoms with van der Waals surface area (Å²) in [6, 6.07) is 4.24. The monoisotopic (exact) mass is 244 g/mol. The van der Waals surface area contributed by atoms with E-state index >= 15 is 0 Å². The van der Waals surface area contributed by atoms with Gasteiger partial charge < -0.3 is 5.11 Å². The van der Waals surface area contributed by atoms with Crippen LogP contribution in [0.2, 0.25) is 0 Å². The molecule has 1 nitrogen and oxygen atoms in total. The lowest BCUT2D eigenvalue weighted by molar-refractivity contribution is 0.180. The van der Waals surface area contributed by atoms with Crippen molar-refractivity contribution in [1.82, 2.24) is 0 Å². The van der Waals surface area contributed by atoms with Crippen LogP contribution in [0.4, 0.5) is 4.39 Å². The number of rotatable bonds is 3. The Morgan fingerprint density at radius 2 is 2.31 bits per heavy atom. The SMILES string of the molecule is C=CCC(O)c1cc(F)ccc1Br. The molecule has 0 saturated heterocycles. The third-order valence-electron chi connectivity index (χ3n) is 1.71. The van der Waals surface area contributed by atoms with Crippen molar-refractivity contribution in [1.29, 1.82) is 0 Å². The second-order valence-corrected chi connectivity index (χ2v) is 3.56. The fourth-order valence-corrected chi connectivity index (χ4v) is 1.57. The first-order valence-electron chi connectivity index (χ1n) is 3.89. The van der Waals surface area contributed by atoms with Crippen molar-refractivity contribution < 1.29 is 9.50 Å². The topological polar surface area (TPSA) is 20.2 Å². The van der Waals surface area contributed by atoms with Gasteiger partial charge in [-0.1, -0.05) is 22.0 Å². The van der Waals surface area contributed by atoms with Crippen molar-refractivity contribution in [3.63, 3.8) is 0 Å². The third-order valence-corrected chi connectivity index (χ3v) is 2.43. The van der Waals surface area contributed by atoms with Gasteiger partial charge in [-0.2, -0.15) is 0 Å². The first kappa shape index (κ1) is 10.4. The van der Waals surface area contributed by atoms with E-state index in [0.29, 0.717) is 16.5 Å². The van der Waals surface area contributed by atoms with Gasteiger partial charge in [-0.05, 0) is 30.2 Å². The minimum absolute atomic E-state index is 0.346. The first-order chi connectivity index (χ1) is 6.15. The molecular formula is C10H10BrFO. The lowest BCUT2D eigenvalue weighted by atomic mass is 10.1. The Kier molecular flexibility index (Phi) is 3.63. The van der Waals surface area contributed by atoms with Crippen molar-refractivity contribution >= 4 is 15.9 Å². The summed E-state index contributed by atoms with van der Waals surface area (Å²) in [5, 5.41) is 9.56. The molecule has 0 radical (unpaired) electrons. The Balaban J connectivity index is 2.97. The van der Waals surface area contributed by atoms with Gasteiger partial charge in [0.25, 0.3) is 0 Å². The van der Waals surface area contributed by atoms with Crippen LogP contribution >= 0.6 is 15.9 Å². The van der Waals surface area contributed by atoms with E-state index in [1.807, 2.05) is 0 Å². The highest BCUT2D eigenvalue weighted by molar-refractivity contribution is 9.10. The molecule has 0 aliphatic carbocycles. The van der Waals surface area contributed by atoms with E-state index in [9.17, 15) is 9.50 Å². The minimum Gasteiger partial charge on any atom is -0.388 e. The second kappa shape index (κ2) is 4.53. The maximum absolute atomic E-state index is 12.8. The van der Waals surface area contributed by atoms with Gasteiger partial charge in [-0.15, -0.1) is 6.58 Å². The normalized spacial score (nSPS) is 12.5. The molecule has 13 heavy (non-hydrogen) atoms. The molecule has 0 aliphatic heterocycles. The summed E-state index contributed by atoms with van der Waals surface area (Å²) in [6.07, 6.45) is 1.33. The molecular weight excluding hydrogens is 235 g/mol. The van der Waals surface area contributed by atoms with Gasteiger partial charge in [0, 0.05) is 4.47 Å². The van der Waals surface area contributed by atoms with Gasteiger partial charge in [0.1, 0.15) is 5.82 Å². The van der Waals surface area contributed by atoms with E-state index in [2.05, 4.69) is 22.5 Å². The van der Waals surface area contributed by atoms with E-state index in [1.165, 1.54) is 12.1 Å². The van der Waals surface area contributed by atoms with Crippen LogP contribution in [0.15, 0.2) is 35.3 Å². The van der Waals surface area contributed by atoms with E-state index in [-0.39, 0.29) is 5.82 Å². The summed E-state index contributed by atoms with van der Waals surface area (Å²) in [5.41, 5.74) is 0.555. The highest BCUT2D eigenvalue weighted by atomic mass is 79.9. The molecule has 70 valence electrons. The Morgan fingerprint density at radius 1 is 1.62 bits per heavy atom. The number of benzene rings is 1. The average Bonchev–Trinajstić information content (AvgIpc) is 2.09. The summed E-state index contributed by atoms with van der Waals surface area (Å²) in [4.78, 5) is 0. The highest BCUT2D eigenvalue weighted by Crippen LogP contribution is 2.26. The fraction of sp³-hybridized carbons (Fsp3) is 0.200. The lowest BCUT2D eigenvalue weighted by Gasteiger charge is -2.10. The molecule has 1 N–H and O–H groups in total. The summed E-state index contributed by atoms with van der Waals surface area (Å²) in [5.74, 6) is -0.346. The van der Waals surface area contributed by atoms with Crippen molar-refractivity contribution in [2.45, 2.75) is 12.5 Å². The van der Waals surface area contributed by atoms with E-state index in [4.69, 9.17) is 0 Å². The fourth-order valence-electron chi connectivity index (χ4n) is 1.05. The molecule has 0 amide bonds. The second-order valence-electron chi connectivity index (χ2n) is 2.71. The zero-order valence-corrected chi connectivity index (χ0v) is 8.59. The van der Waals surface area contributed by atoms with Crippen molar-refractivity contribution in [3.8, 4) is 0 Å². The maximum Gasteiger partial charge on any atom is 0.123 e. The van der Waals surface area contributed by atoms with Gasteiger partial charge in [-0.3, -0.25) is 0 Å². The number of halogens is 2. The van der Waals surface area contributed by atoms with Crippen LogP contribution in [-0.2, 0) is 0 Å². The zero-order valence-electron chi connectivity index (χ0n) is 7.00. The van der Waals surface area contributed by atoms with Crippen molar-refractivity contribution in [2.24, 2.45) is 0 Å². The molecule has 3 heteroatoms. The van der Waals surface area contributed by atoms with Crippen LogP contribution in [0.1, 0.15) is 18.1 Å². The minimum atomic E-state index is -0.692. The van der Waals surface area contributed by atoms with E-state index < -0.39 is 6.10 Å². The standard InChI is InChI=1S/C10H10BrFO/c1-2-3-10(13)8-6-7(12)4-5-9(8)11/h2,4-6,10,13H,1,3H2. The van der Waals surface area contributed by atoms with Crippen LogP contribution in [0.3, 0.4) is 0 Å². The lowest BCUT2D eigenvalue weighted by Crippen LogP contribution is -1.97. The number of hydrogen-bond acceptors (Lipinski definition) is 1. The van der Waals surface area contributed by atoms with Gasteiger partial charge in [-0.25, -0.2) is 4.39 Å². The molecule has 0 bridgehead atoms. The van der Waals surface area contributed by atoms with Crippen LogP contribution in [0.5, 0.6) is 0 Å². The molecule has 1 aromatic rings. The number of hydrogen-bond donors (Lipinski definition) is 1. The van der Waals surface area contributed by atoms with Crippen molar-refractivity contribution in [3.05, 3.63) is 46.7 Å². The van der Waals surface area contributed by atoms with E-state index in [0.717, 1.165) is 0 Å². The van der Waals surface area contributed by atoms with Crippen molar-refractivity contribution in [2.75, 3.05) is 0 Å². The number of aliphatic hydroxyl groups is 1. The average molecular weight is 245 g/mol.